The maximum absolute atomic E-state index is 11.2. The SMILES string of the molecule is CNc1nn(C(CC#N)C2CC2)cc1C(N)=O. The molecule has 3 N–H and O–H groups in total. The molecule has 1 aliphatic carbocycles. The van der Waals surface area contributed by atoms with Gasteiger partial charge in [-0.15, -0.1) is 0 Å². The first-order valence-electron chi connectivity index (χ1n) is 5.61. The number of nitrogens with zero attached hydrogens (tertiary/aromatic N) is 3. The fourth-order valence-electron chi connectivity index (χ4n) is 1.98. The Morgan fingerprint density at radius 3 is 2.94 bits per heavy atom. The van der Waals surface area contributed by atoms with Gasteiger partial charge < -0.3 is 11.1 Å². The first kappa shape index (κ1) is 11.5. The second kappa shape index (κ2) is 4.45. The minimum atomic E-state index is -0.507. The van der Waals surface area contributed by atoms with E-state index in [0.29, 0.717) is 23.7 Å². The molecule has 0 saturated heterocycles. The van der Waals surface area contributed by atoms with Crippen LogP contribution < -0.4 is 11.1 Å². The van der Waals surface area contributed by atoms with Crippen molar-refractivity contribution in [1.29, 1.82) is 5.26 Å². The number of nitriles is 1. The van der Waals surface area contributed by atoms with E-state index in [4.69, 9.17) is 11.0 Å². The standard InChI is InChI=1S/C11H15N5O/c1-14-11-8(10(13)17)6-16(15-11)9(4-5-12)7-2-3-7/h6-7,9H,2-4H2,1H3,(H2,13,17)(H,14,15). The summed E-state index contributed by atoms with van der Waals surface area (Å²) in [4.78, 5) is 11.2. The van der Waals surface area contributed by atoms with Crippen LogP contribution in [-0.2, 0) is 0 Å². The number of hydrogen-bond acceptors (Lipinski definition) is 4. The van der Waals surface area contributed by atoms with Gasteiger partial charge in [0.15, 0.2) is 5.82 Å². The zero-order valence-corrected chi connectivity index (χ0v) is 9.68. The van der Waals surface area contributed by atoms with Gasteiger partial charge in [0, 0.05) is 13.2 Å². The smallest absolute Gasteiger partial charge is 0.254 e. The van der Waals surface area contributed by atoms with Gasteiger partial charge in [0.05, 0.1) is 18.5 Å². The Labute approximate surface area is 99.4 Å². The summed E-state index contributed by atoms with van der Waals surface area (Å²) in [6.07, 6.45) is 4.28. The average molecular weight is 233 g/mol. The van der Waals surface area contributed by atoms with Crippen LogP contribution in [0.2, 0.25) is 0 Å². The lowest BCUT2D eigenvalue weighted by Gasteiger charge is -2.12. The topological polar surface area (TPSA) is 96.7 Å². The van der Waals surface area contributed by atoms with Crippen molar-refractivity contribution in [3.05, 3.63) is 11.8 Å². The molecule has 0 radical (unpaired) electrons. The van der Waals surface area contributed by atoms with Crippen LogP contribution in [-0.4, -0.2) is 22.7 Å². The van der Waals surface area contributed by atoms with Gasteiger partial charge in [-0.3, -0.25) is 9.48 Å². The van der Waals surface area contributed by atoms with E-state index >= 15 is 0 Å². The van der Waals surface area contributed by atoms with Crippen molar-refractivity contribution in [3.63, 3.8) is 0 Å². The number of rotatable bonds is 5. The highest BCUT2D eigenvalue weighted by Gasteiger charge is 2.33. The van der Waals surface area contributed by atoms with E-state index in [0.717, 1.165) is 12.8 Å². The fraction of sp³-hybridized carbons (Fsp3) is 0.545. The Kier molecular flexibility index (Phi) is 3.00. The van der Waals surface area contributed by atoms with Gasteiger partial charge >= 0.3 is 0 Å². The lowest BCUT2D eigenvalue weighted by molar-refractivity contribution is 0.100. The van der Waals surface area contributed by atoms with Crippen molar-refractivity contribution >= 4 is 11.7 Å². The Morgan fingerprint density at radius 2 is 2.53 bits per heavy atom. The lowest BCUT2D eigenvalue weighted by Crippen LogP contribution is -2.12. The van der Waals surface area contributed by atoms with E-state index < -0.39 is 5.91 Å². The first-order chi connectivity index (χ1) is 8.17. The molecule has 1 aromatic heterocycles. The lowest BCUT2D eigenvalue weighted by atomic mass is 10.1. The minimum Gasteiger partial charge on any atom is -0.371 e. The summed E-state index contributed by atoms with van der Waals surface area (Å²) in [5.74, 6) is 0.466. The first-order valence-corrected chi connectivity index (χ1v) is 5.61. The van der Waals surface area contributed by atoms with E-state index in [9.17, 15) is 4.79 Å². The molecule has 1 amide bonds. The number of amides is 1. The number of carbonyl (C=O) groups is 1. The summed E-state index contributed by atoms with van der Waals surface area (Å²) in [5, 5.41) is 15.9. The third kappa shape index (κ3) is 2.23. The highest BCUT2D eigenvalue weighted by atomic mass is 16.1. The average Bonchev–Trinajstić information content (AvgIpc) is 3.04. The molecule has 0 bridgehead atoms. The highest BCUT2D eigenvalue weighted by molar-refractivity contribution is 5.97. The van der Waals surface area contributed by atoms with Crippen LogP contribution in [0.15, 0.2) is 6.20 Å². The van der Waals surface area contributed by atoms with E-state index in [1.807, 2.05) is 0 Å². The van der Waals surface area contributed by atoms with Crippen LogP contribution in [0.4, 0.5) is 5.82 Å². The van der Waals surface area contributed by atoms with E-state index in [1.54, 1.807) is 17.9 Å². The predicted octanol–water partition coefficient (Wildman–Crippen LogP) is 0.888. The number of primary amides is 1. The molecule has 1 saturated carbocycles. The molecular weight excluding hydrogens is 218 g/mol. The van der Waals surface area contributed by atoms with E-state index in [1.165, 1.54) is 0 Å². The third-order valence-electron chi connectivity index (χ3n) is 3.04. The Morgan fingerprint density at radius 1 is 1.82 bits per heavy atom. The van der Waals surface area contributed by atoms with Crippen LogP contribution in [0.3, 0.4) is 0 Å². The number of aromatic nitrogens is 2. The van der Waals surface area contributed by atoms with Crippen LogP contribution in [0.1, 0.15) is 35.7 Å². The van der Waals surface area contributed by atoms with Gasteiger partial charge in [-0.05, 0) is 18.8 Å². The molecule has 6 nitrogen and oxygen atoms in total. The number of carbonyl (C=O) groups excluding carboxylic acids is 1. The van der Waals surface area contributed by atoms with Gasteiger partial charge in [-0.1, -0.05) is 0 Å². The molecule has 0 aromatic carbocycles. The maximum atomic E-state index is 11.2. The number of nitrogens with one attached hydrogen (secondary N) is 1. The van der Waals surface area contributed by atoms with Crippen molar-refractivity contribution < 1.29 is 4.79 Å². The second-order valence-electron chi connectivity index (χ2n) is 4.25. The van der Waals surface area contributed by atoms with Crippen LogP contribution in [0.5, 0.6) is 0 Å². The van der Waals surface area contributed by atoms with Crippen molar-refractivity contribution in [2.24, 2.45) is 11.7 Å². The molecule has 1 fully saturated rings. The van der Waals surface area contributed by atoms with Gasteiger partial charge in [0.1, 0.15) is 5.56 Å². The Bertz CT molecular complexity index is 469. The molecule has 1 aromatic rings. The molecular formula is C11H15N5O. The Balaban J connectivity index is 2.31. The largest absolute Gasteiger partial charge is 0.371 e. The normalized spacial score (nSPS) is 16.2. The van der Waals surface area contributed by atoms with E-state index in [-0.39, 0.29) is 6.04 Å². The molecule has 17 heavy (non-hydrogen) atoms. The van der Waals surface area contributed by atoms with Crippen LogP contribution >= 0.6 is 0 Å². The summed E-state index contributed by atoms with van der Waals surface area (Å²) in [5.41, 5.74) is 5.64. The quantitative estimate of drug-likeness (QED) is 0.789. The van der Waals surface area contributed by atoms with Crippen LogP contribution in [0, 0.1) is 17.2 Å². The molecule has 1 atom stereocenters. The highest BCUT2D eigenvalue weighted by Crippen LogP contribution is 2.41. The maximum Gasteiger partial charge on any atom is 0.254 e. The summed E-state index contributed by atoms with van der Waals surface area (Å²) in [6, 6.07) is 2.22. The molecule has 1 unspecified atom stereocenters. The summed E-state index contributed by atoms with van der Waals surface area (Å²) < 4.78 is 1.70. The predicted molar refractivity (Wildman–Crippen MR) is 62.3 cm³/mol. The molecule has 0 spiro atoms. The van der Waals surface area contributed by atoms with Gasteiger partial charge in [-0.25, -0.2) is 0 Å². The third-order valence-corrected chi connectivity index (χ3v) is 3.04. The zero-order valence-electron chi connectivity index (χ0n) is 9.68. The number of anilines is 1. The van der Waals surface area contributed by atoms with Gasteiger partial charge in [0.2, 0.25) is 0 Å². The second-order valence-corrected chi connectivity index (χ2v) is 4.25. The minimum absolute atomic E-state index is 0.0557. The molecule has 6 heteroatoms. The van der Waals surface area contributed by atoms with Crippen molar-refractivity contribution in [1.82, 2.24) is 9.78 Å². The summed E-state index contributed by atoms with van der Waals surface area (Å²) in [7, 11) is 1.69. The van der Waals surface area contributed by atoms with Crippen LogP contribution in [0.25, 0.3) is 0 Å². The van der Waals surface area contributed by atoms with E-state index in [2.05, 4.69) is 16.5 Å². The zero-order chi connectivity index (χ0) is 12.4. The molecule has 90 valence electrons. The monoisotopic (exact) mass is 233 g/mol. The molecule has 1 aliphatic rings. The van der Waals surface area contributed by atoms with Crippen molar-refractivity contribution in [2.75, 3.05) is 12.4 Å². The van der Waals surface area contributed by atoms with Crippen molar-refractivity contribution in [3.8, 4) is 6.07 Å². The Hall–Kier alpha value is -2.03. The van der Waals surface area contributed by atoms with Crippen molar-refractivity contribution in [2.45, 2.75) is 25.3 Å². The molecule has 1 heterocycles. The summed E-state index contributed by atoms with van der Waals surface area (Å²) in [6.45, 7) is 0. The summed E-state index contributed by atoms with van der Waals surface area (Å²) >= 11 is 0. The van der Waals surface area contributed by atoms with Gasteiger partial charge in [0.25, 0.3) is 5.91 Å². The number of hydrogen-bond donors (Lipinski definition) is 2. The number of nitrogens with two attached hydrogens (primary N) is 1. The molecule has 0 aliphatic heterocycles. The molecule has 2 rings (SSSR count). The van der Waals surface area contributed by atoms with Gasteiger partial charge in [-0.2, -0.15) is 10.4 Å². The fourth-order valence-corrected chi connectivity index (χ4v) is 1.98.